The normalized spacial score (nSPS) is 17.2. The van der Waals surface area contributed by atoms with Crippen molar-refractivity contribution in [3.05, 3.63) is 23.8 Å². The van der Waals surface area contributed by atoms with E-state index < -0.39 is 5.54 Å². The van der Waals surface area contributed by atoms with E-state index in [0.29, 0.717) is 11.3 Å². The van der Waals surface area contributed by atoms with Crippen molar-refractivity contribution in [2.75, 3.05) is 0 Å². The van der Waals surface area contributed by atoms with Crippen LogP contribution in [0.4, 0.5) is 0 Å². The lowest BCUT2D eigenvalue weighted by Crippen LogP contribution is -2.21. The van der Waals surface area contributed by atoms with Crippen molar-refractivity contribution in [3.8, 4) is 11.5 Å². The van der Waals surface area contributed by atoms with Crippen LogP contribution < -0.4 is 4.74 Å². The highest BCUT2D eigenvalue weighted by molar-refractivity contribution is 5.51. The van der Waals surface area contributed by atoms with Gasteiger partial charge in [0.25, 0.3) is 0 Å². The molecule has 1 aliphatic carbocycles. The van der Waals surface area contributed by atoms with Crippen molar-refractivity contribution in [1.82, 2.24) is 0 Å². The maximum Gasteiger partial charge on any atom is 0.235 e. The van der Waals surface area contributed by atoms with Crippen molar-refractivity contribution in [2.24, 2.45) is 4.99 Å². The topological polar surface area (TPSA) is 58.9 Å². The lowest BCUT2D eigenvalue weighted by atomic mass is 9.87. The summed E-state index contributed by atoms with van der Waals surface area (Å²) < 4.78 is 5.76. The minimum Gasteiger partial charge on any atom is -0.507 e. The number of hydrogen-bond acceptors (Lipinski definition) is 4. The molecular formula is C15H19NO3. The van der Waals surface area contributed by atoms with Gasteiger partial charge < -0.3 is 9.84 Å². The van der Waals surface area contributed by atoms with Gasteiger partial charge in [-0.1, -0.05) is 18.9 Å². The van der Waals surface area contributed by atoms with Gasteiger partial charge in [-0.3, -0.25) is 0 Å². The Morgan fingerprint density at radius 3 is 2.63 bits per heavy atom. The number of nitrogens with zero attached hydrogens (tertiary/aromatic N) is 1. The first-order valence-corrected chi connectivity index (χ1v) is 6.67. The third-order valence-electron chi connectivity index (χ3n) is 3.52. The van der Waals surface area contributed by atoms with Gasteiger partial charge in [0.15, 0.2) is 0 Å². The average Bonchev–Trinajstić information content (AvgIpc) is 2.78. The fourth-order valence-corrected chi connectivity index (χ4v) is 2.80. The molecule has 0 bridgehead atoms. The number of aromatic hydroxyl groups is 1. The van der Waals surface area contributed by atoms with Crippen LogP contribution in [0.2, 0.25) is 0 Å². The summed E-state index contributed by atoms with van der Waals surface area (Å²) in [5, 5.41) is 10.2. The highest BCUT2D eigenvalue weighted by Gasteiger charge is 2.40. The molecule has 1 aromatic rings. The molecule has 0 atom stereocenters. The summed E-state index contributed by atoms with van der Waals surface area (Å²) in [6.07, 6.45) is 5.13. The summed E-state index contributed by atoms with van der Waals surface area (Å²) in [5.74, 6) is 0.745. The standard InChI is InChI=1S/C15H19NO3/c1-11(2)19-13-7-5-6-12(18)14(13)15(16-10-17)8-3-4-9-15/h5-7,11,18H,3-4,8-9H2,1-2H3. The SMILES string of the molecule is CC(C)Oc1cccc(O)c1C1(N=C=O)CCCC1. The second-order valence-electron chi connectivity index (χ2n) is 5.26. The number of phenols is 1. The maximum absolute atomic E-state index is 10.8. The Labute approximate surface area is 113 Å². The molecule has 1 aliphatic rings. The Hall–Kier alpha value is -1.80. The van der Waals surface area contributed by atoms with E-state index >= 15 is 0 Å². The zero-order valence-corrected chi connectivity index (χ0v) is 11.3. The van der Waals surface area contributed by atoms with Gasteiger partial charge in [-0.25, -0.2) is 4.79 Å². The third kappa shape index (κ3) is 2.64. The number of carbonyl (C=O) groups excluding carboxylic acids is 1. The summed E-state index contributed by atoms with van der Waals surface area (Å²) in [6.45, 7) is 3.86. The molecule has 0 amide bonds. The summed E-state index contributed by atoms with van der Waals surface area (Å²) in [4.78, 5) is 14.8. The molecule has 1 saturated carbocycles. The van der Waals surface area contributed by atoms with Gasteiger partial charge in [0.1, 0.15) is 17.0 Å². The number of rotatable bonds is 4. The Bertz CT molecular complexity index is 498. The van der Waals surface area contributed by atoms with E-state index in [-0.39, 0.29) is 11.9 Å². The zero-order chi connectivity index (χ0) is 13.9. The molecule has 1 aromatic carbocycles. The lowest BCUT2D eigenvalue weighted by Gasteiger charge is -2.27. The highest BCUT2D eigenvalue weighted by atomic mass is 16.5. The molecular weight excluding hydrogens is 242 g/mol. The number of isocyanates is 1. The van der Waals surface area contributed by atoms with Crippen molar-refractivity contribution >= 4 is 6.08 Å². The van der Waals surface area contributed by atoms with Crippen molar-refractivity contribution in [3.63, 3.8) is 0 Å². The first-order chi connectivity index (χ1) is 9.09. The Morgan fingerprint density at radius 2 is 2.05 bits per heavy atom. The third-order valence-corrected chi connectivity index (χ3v) is 3.52. The van der Waals surface area contributed by atoms with E-state index in [4.69, 9.17) is 4.74 Å². The van der Waals surface area contributed by atoms with Crippen LogP contribution in [0.25, 0.3) is 0 Å². The van der Waals surface area contributed by atoms with E-state index in [2.05, 4.69) is 4.99 Å². The summed E-state index contributed by atoms with van der Waals surface area (Å²) in [5.41, 5.74) is -0.0401. The Morgan fingerprint density at radius 1 is 1.37 bits per heavy atom. The van der Waals surface area contributed by atoms with Crippen molar-refractivity contribution in [1.29, 1.82) is 0 Å². The van der Waals surface area contributed by atoms with E-state index in [0.717, 1.165) is 25.7 Å². The molecule has 102 valence electrons. The van der Waals surface area contributed by atoms with Gasteiger partial charge in [-0.2, -0.15) is 4.99 Å². The van der Waals surface area contributed by atoms with Gasteiger partial charge in [0.2, 0.25) is 6.08 Å². The minimum absolute atomic E-state index is 0.000728. The highest BCUT2D eigenvalue weighted by Crippen LogP contribution is 2.49. The zero-order valence-electron chi connectivity index (χ0n) is 11.3. The molecule has 4 nitrogen and oxygen atoms in total. The molecule has 0 heterocycles. The largest absolute Gasteiger partial charge is 0.507 e. The smallest absolute Gasteiger partial charge is 0.235 e. The fourth-order valence-electron chi connectivity index (χ4n) is 2.80. The average molecular weight is 261 g/mol. The monoisotopic (exact) mass is 261 g/mol. The summed E-state index contributed by atoms with van der Waals surface area (Å²) >= 11 is 0. The van der Waals surface area contributed by atoms with Gasteiger partial charge in [0.05, 0.1) is 11.7 Å². The number of aliphatic imine (C=N–C) groups is 1. The van der Waals surface area contributed by atoms with Crippen LogP contribution in [0.5, 0.6) is 11.5 Å². The molecule has 1 N–H and O–H groups in total. The summed E-state index contributed by atoms with van der Waals surface area (Å²) in [6, 6.07) is 5.17. The Kier molecular flexibility index (Phi) is 3.91. The predicted octanol–water partition coefficient (Wildman–Crippen LogP) is 3.28. The molecule has 1 fully saturated rings. The lowest BCUT2D eigenvalue weighted by molar-refractivity contribution is 0.232. The Balaban J connectivity index is 2.55. The number of hydrogen-bond donors (Lipinski definition) is 1. The van der Waals surface area contributed by atoms with Crippen molar-refractivity contribution in [2.45, 2.75) is 51.2 Å². The molecule has 0 radical (unpaired) electrons. The van der Waals surface area contributed by atoms with Crippen LogP contribution in [-0.4, -0.2) is 17.3 Å². The predicted molar refractivity (Wildman–Crippen MR) is 72.1 cm³/mol. The van der Waals surface area contributed by atoms with Gasteiger partial charge >= 0.3 is 0 Å². The summed E-state index contributed by atoms with van der Waals surface area (Å²) in [7, 11) is 0. The van der Waals surface area contributed by atoms with Gasteiger partial charge in [-0.05, 0) is 38.8 Å². The van der Waals surface area contributed by atoms with Crippen LogP contribution in [0.1, 0.15) is 45.1 Å². The van der Waals surface area contributed by atoms with Crippen LogP contribution in [0.15, 0.2) is 23.2 Å². The van der Waals surface area contributed by atoms with E-state index in [1.807, 2.05) is 19.9 Å². The quantitative estimate of drug-likeness (QED) is 0.668. The van der Waals surface area contributed by atoms with E-state index in [9.17, 15) is 9.90 Å². The van der Waals surface area contributed by atoms with Crippen LogP contribution in [0.3, 0.4) is 0 Å². The molecule has 4 heteroatoms. The first-order valence-electron chi connectivity index (χ1n) is 6.67. The molecule has 0 aliphatic heterocycles. The molecule has 0 spiro atoms. The molecule has 2 rings (SSSR count). The van der Waals surface area contributed by atoms with Crippen LogP contribution in [0, 0.1) is 0 Å². The molecule has 19 heavy (non-hydrogen) atoms. The molecule has 0 aromatic heterocycles. The number of ether oxygens (including phenoxy) is 1. The van der Waals surface area contributed by atoms with Crippen LogP contribution in [-0.2, 0) is 10.3 Å². The second-order valence-corrected chi connectivity index (χ2v) is 5.26. The van der Waals surface area contributed by atoms with E-state index in [1.54, 1.807) is 18.2 Å². The van der Waals surface area contributed by atoms with E-state index in [1.165, 1.54) is 0 Å². The fraction of sp³-hybridized carbons (Fsp3) is 0.533. The van der Waals surface area contributed by atoms with Gasteiger partial charge in [0, 0.05) is 0 Å². The van der Waals surface area contributed by atoms with Crippen molar-refractivity contribution < 1.29 is 14.6 Å². The van der Waals surface area contributed by atoms with Gasteiger partial charge in [-0.15, -0.1) is 0 Å². The first kappa shape index (κ1) is 13.6. The number of benzene rings is 1. The van der Waals surface area contributed by atoms with Crippen LogP contribution >= 0.6 is 0 Å². The maximum atomic E-state index is 10.8. The minimum atomic E-state index is -0.669. The number of phenolic OH excluding ortho intramolecular Hbond substituents is 1. The molecule has 0 saturated heterocycles. The second kappa shape index (κ2) is 5.45. The molecule has 0 unspecified atom stereocenters.